The summed E-state index contributed by atoms with van der Waals surface area (Å²) in [4.78, 5) is 16.2. The molecule has 0 radical (unpaired) electrons. The van der Waals surface area contributed by atoms with Gasteiger partial charge in [0.25, 0.3) is 0 Å². The summed E-state index contributed by atoms with van der Waals surface area (Å²) < 4.78 is 0. The van der Waals surface area contributed by atoms with Gasteiger partial charge in [-0.3, -0.25) is 4.79 Å². The number of aldehydes is 1. The normalized spacial score (nSPS) is 11.2. The Kier molecular flexibility index (Phi) is 3.99. The van der Waals surface area contributed by atoms with Gasteiger partial charge < -0.3 is 5.32 Å². The van der Waals surface area contributed by atoms with Gasteiger partial charge in [0.2, 0.25) is 0 Å². The summed E-state index contributed by atoms with van der Waals surface area (Å²) in [6.07, 6.45) is 0.688. The van der Waals surface area contributed by atoms with E-state index in [9.17, 15) is 10.1 Å². The third-order valence-electron chi connectivity index (χ3n) is 3.49. The fourth-order valence-corrected chi connectivity index (χ4v) is 3.34. The van der Waals surface area contributed by atoms with Crippen LogP contribution in [0.3, 0.4) is 0 Å². The molecule has 2 heterocycles. The largest absolute Gasteiger partial charge is 0.314 e. The SMILES string of the molecule is CC(C)(C)c1nc(Nc2nnc(C=O)c3ccccc23)sc1C#N. The van der Waals surface area contributed by atoms with E-state index in [4.69, 9.17) is 0 Å². The Balaban J connectivity index is 2.07. The van der Waals surface area contributed by atoms with Crippen LogP contribution in [0.15, 0.2) is 24.3 Å². The highest BCUT2D eigenvalue weighted by Gasteiger charge is 2.23. The first-order valence-corrected chi connectivity index (χ1v) is 8.14. The average Bonchev–Trinajstić information content (AvgIpc) is 2.98. The molecule has 3 rings (SSSR count). The van der Waals surface area contributed by atoms with Gasteiger partial charge in [0.1, 0.15) is 16.6 Å². The van der Waals surface area contributed by atoms with Crippen molar-refractivity contribution in [3.8, 4) is 6.07 Å². The van der Waals surface area contributed by atoms with Crippen LogP contribution in [0.2, 0.25) is 0 Å². The molecular formula is C17H15N5OS. The molecule has 7 heteroatoms. The first-order valence-electron chi connectivity index (χ1n) is 7.33. The fourth-order valence-electron chi connectivity index (χ4n) is 2.36. The molecule has 2 aromatic heterocycles. The van der Waals surface area contributed by atoms with Crippen molar-refractivity contribution >= 4 is 39.3 Å². The van der Waals surface area contributed by atoms with E-state index in [1.807, 2.05) is 45.0 Å². The van der Waals surface area contributed by atoms with Gasteiger partial charge in [0.15, 0.2) is 17.2 Å². The Hall–Kier alpha value is -2.85. The van der Waals surface area contributed by atoms with Crippen molar-refractivity contribution in [2.24, 2.45) is 0 Å². The molecule has 0 aliphatic carbocycles. The van der Waals surface area contributed by atoms with Crippen molar-refractivity contribution in [1.82, 2.24) is 15.2 Å². The predicted octanol–water partition coefficient (Wildman–Crippen LogP) is 3.81. The Morgan fingerprint density at radius 3 is 2.50 bits per heavy atom. The number of carbonyl (C=O) groups is 1. The number of hydrogen-bond acceptors (Lipinski definition) is 7. The van der Waals surface area contributed by atoms with Crippen LogP contribution in [0.5, 0.6) is 0 Å². The van der Waals surface area contributed by atoms with Gasteiger partial charge >= 0.3 is 0 Å². The number of carbonyl (C=O) groups excluding carboxylic acids is 1. The molecule has 120 valence electrons. The van der Waals surface area contributed by atoms with Crippen LogP contribution in [0.1, 0.15) is 41.8 Å². The number of aromatic nitrogens is 3. The molecule has 0 atom stereocenters. The second-order valence-electron chi connectivity index (χ2n) is 6.28. The summed E-state index contributed by atoms with van der Waals surface area (Å²) >= 11 is 1.28. The number of benzene rings is 1. The Morgan fingerprint density at radius 2 is 1.92 bits per heavy atom. The van der Waals surface area contributed by atoms with Gasteiger partial charge in [0.05, 0.1) is 5.69 Å². The second-order valence-corrected chi connectivity index (χ2v) is 7.28. The average molecular weight is 337 g/mol. The molecule has 0 amide bonds. The molecule has 0 fully saturated rings. The van der Waals surface area contributed by atoms with Gasteiger partial charge in [-0.25, -0.2) is 4.98 Å². The lowest BCUT2D eigenvalue weighted by atomic mass is 9.91. The Labute approximate surface area is 143 Å². The lowest BCUT2D eigenvalue weighted by molar-refractivity contribution is 0.112. The van der Waals surface area contributed by atoms with Crippen molar-refractivity contribution in [1.29, 1.82) is 5.26 Å². The number of nitrogens with one attached hydrogen (secondary N) is 1. The summed E-state index contributed by atoms with van der Waals surface area (Å²) in [5.74, 6) is 0.509. The van der Waals surface area contributed by atoms with E-state index in [1.165, 1.54) is 11.3 Å². The fraction of sp³-hybridized carbons (Fsp3) is 0.235. The highest BCUT2D eigenvalue weighted by molar-refractivity contribution is 7.16. The molecule has 0 saturated carbocycles. The smallest absolute Gasteiger partial charge is 0.189 e. The molecule has 0 saturated heterocycles. The second kappa shape index (κ2) is 5.98. The van der Waals surface area contributed by atoms with Gasteiger partial charge in [-0.15, -0.1) is 10.2 Å². The van der Waals surface area contributed by atoms with Gasteiger partial charge in [-0.05, 0) is 0 Å². The molecule has 3 aromatic rings. The molecule has 24 heavy (non-hydrogen) atoms. The van der Waals surface area contributed by atoms with Crippen LogP contribution in [-0.2, 0) is 5.41 Å². The molecule has 0 aliphatic rings. The summed E-state index contributed by atoms with van der Waals surface area (Å²) in [6.45, 7) is 6.04. The third kappa shape index (κ3) is 2.84. The van der Waals surface area contributed by atoms with Crippen molar-refractivity contribution < 1.29 is 4.79 Å². The Morgan fingerprint density at radius 1 is 1.21 bits per heavy atom. The molecule has 0 unspecified atom stereocenters. The minimum Gasteiger partial charge on any atom is -0.314 e. The first-order chi connectivity index (χ1) is 11.4. The number of hydrogen-bond donors (Lipinski definition) is 1. The highest BCUT2D eigenvalue weighted by Crippen LogP contribution is 2.33. The Bertz CT molecular complexity index is 965. The zero-order chi connectivity index (χ0) is 17.3. The van der Waals surface area contributed by atoms with Crippen LogP contribution < -0.4 is 5.32 Å². The summed E-state index contributed by atoms with van der Waals surface area (Å²) in [6, 6.07) is 9.59. The van der Waals surface area contributed by atoms with Crippen molar-refractivity contribution in [2.75, 3.05) is 5.32 Å². The predicted molar refractivity (Wildman–Crippen MR) is 93.7 cm³/mol. The van der Waals surface area contributed by atoms with Gasteiger partial charge in [0, 0.05) is 16.2 Å². The van der Waals surface area contributed by atoms with Crippen LogP contribution in [0, 0.1) is 11.3 Å². The minimum absolute atomic E-state index is 0.226. The van der Waals surface area contributed by atoms with Crippen molar-refractivity contribution in [3.05, 3.63) is 40.5 Å². The molecule has 1 N–H and O–H groups in total. The summed E-state index contributed by atoms with van der Waals surface area (Å²) in [5, 5.41) is 22.6. The van der Waals surface area contributed by atoms with E-state index < -0.39 is 0 Å². The van der Waals surface area contributed by atoms with E-state index in [0.29, 0.717) is 27.8 Å². The van der Waals surface area contributed by atoms with Crippen LogP contribution in [0.4, 0.5) is 10.9 Å². The number of anilines is 2. The maximum Gasteiger partial charge on any atom is 0.189 e. The first kappa shape index (κ1) is 16.0. The monoisotopic (exact) mass is 337 g/mol. The van der Waals surface area contributed by atoms with Crippen LogP contribution >= 0.6 is 11.3 Å². The number of fused-ring (bicyclic) bond motifs is 1. The van der Waals surface area contributed by atoms with E-state index in [1.54, 1.807) is 0 Å². The zero-order valence-corrected chi connectivity index (χ0v) is 14.3. The maximum atomic E-state index is 11.1. The molecule has 6 nitrogen and oxygen atoms in total. The number of thiazole rings is 1. The zero-order valence-electron chi connectivity index (χ0n) is 13.5. The number of nitriles is 1. The van der Waals surface area contributed by atoms with Crippen molar-refractivity contribution in [3.63, 3.8) is 0 Å². The molecule has 0 spiro atoms. The van der Waals surface area contributed by atoms with Gasteiger partial charge in [-0.1, -0.05) is 56.4 Å². The summed E-state index contributed by atoms with van der Waals surface area (Å²) in [7, 11) is 0. The number of nitrogens with zero attached hydrogens (tertiary/aromatic N) is 4. The maximum absolute atomic E-state index is 11.1. The minimum atomic E-state index is -0.226. The lowest BCUT2D eigenvalue weighted by Gasteiger charge is -2.15. The molecular weight excluding hydrogens is 322 g/mol. The van der Waals surface area contributed by atoms with Crippen LogP contribution in [0.25, 0.3) is 10.8 Å². The van der Waals surface area contributed by atoms with Gasteiger partial charge in [-0.2, -0.15) is 5.26 Å². The van der Waals surface area contributed by atoms with E-state index >= 15 is 0 Å². The summed E-state index contributed by atoms with van der Waals surface area (Å²) in [5.41, 5.74) is 0.819. The quantitative estimate of drug-likeness (QED) is 0.731. The van der Waals surface area contributed by atoms with E-state index in [2.05, 4.69) is 26.6 Å². The topological polar surface area (TPSA) is 91.6 Å². The standard InChI is InChI=1S/C17H15N5OS/c1-17(2,3)14-13(8-18)24-16(19-14)20-15-11-7-5-4-6-10(11)12(9-23)21-22-15/h4-7,9H,1-3H3,(H,19,20,22). The molecule has 1 aromatic carbocycles. The lowest BCUT2D eigenvalue weighted by Crippen LogP contribution is -2.13. The van der Waals surface area contributed by atoms with Crippen molar-refractivity contribution in [2.45, 2.75) is 26.2 Å². The molecule has 0 aliphatic heterocycles. The van der Waals surface area contributed by atoms with E-state index in [-0.39, 0.29) is 5.41 Å². The highest BCUT2D eigenvalue weighted by atomic mass is 32.1. The third-order valence-corrected chi connectivity index (χ3v) is 4.37. The van der Waals surface area contributed by atoms with E-state index in [0.717, 1.165) is 16.5 Å². The molecule has 0 bridgehead atoms. The number of rotatable bonds is 3. The van der Waals surface area contributed by atoms with Crippen LogP contribution in [-0.4, -0.2) is 21.5 Å².